The molecule has 1 unspecified atom stereocenters. The molecule has 208 valence electrons. The molecule has 0 aliphatic carbocycles. The molecule has 1 aliphatic heterocycles. The Morgan fingerprint density at radius 1 is 0.925 bits per heavy atom. The van der Waals surface area contributed by atoms with Crippen molar-refractivity contribution in [1.82, 2.24) is 0 Å². The van der Waals surface area contributed by atoms with E-state index in [1.807, 2.05) is 75.4 Å². The number of fused-ring (bicyclic) bond motifs is 2. The highest BCUT2D eigenvalue weighted by Crippen LogP contribution is 2.43. The van der Waals surface area contributed by atoms with Gasteiger partial charge in [0.25, 0.3) is 5.91 Å². The highest BCUT2D eigenvalue weighted by molar-refractivity contribution is 6.10. The minimum Gasteiger partial charge on any atom is -0.494 e. The van der Waals surface area contributed by atoms with Crippen LogP contribution < -0.4 is 24.5 Å². The van der Waals surface area contributed by atoms with Crippen molar-refractivity contribution >= 4 is 22.6 Å². The number of anilines is 1. The second-order valence-electron chi connectivity index (χ2n) is 10.6. The fourth-order valence-electron chi connectivity index (χ4n) is 5.06. The maximum absolute atomic E-state index is 14.0. The molecule has 1 atom stereocenters. The van der Waals surface area contributed by atoms with Crippen molar-refractivity contribution in [3.05, 3.63) is 92.8 Å². The van der Waals surface area contributed by atoms with E-state index >= 15 is 0 Å². The molecule has 4 aromatic rings. The van der Waals surface area contributed by atoms with Crippen LogP contribution in [-0.4, -0.2) is 26.2 Å². The van der Waals surface area contributed by atoms with E-state index in [0.29, 0.717) is 64.2 Å². The van der Waals surface area contributed by atoms with E-state index in [1.54, 1.807) is 12.0 Å². The van der Waals surface area contributed by atoms with E-state index in [1.165, 1.54) is 0 Å². The highest BCUT2D eigenvalue weighted by atomic mass is 16.5. The van der Waals surface area contributed by atoms with Crippen LogP contribution in [0.4, 0.5) is 5.69 Å². The highest BCUT2D eigenvalue weighted by Gasteiger charge is 2.44. The van der Waals surface area contributed by atoms with Gasteiger partial charge >= 0.3 is 0 Å². The predicted molar refractivity (Wildman–Crippen MR) is 156 cm³/mol. The first kappa shape index (κ1) is 27.3. The molecule has 1 aliphatic rings. The zero-order chi connectivity index (χ0) is 28.6. The number of hydrogen-bond acceptors (Lipinski definition) is 6. The Bertz CT molecular complexity index is 1620. The van der Waals surface area contributed by atoms with Gasteiger partial charge in [0.15, 0.2) is 16.9 Å². The molecule has 0 radical (unpaired) electrons. The number of amides is 1. The lowest BCUT2D eigenvalue weighted by Crippen LogP contribution is -2.29. The van der Waals surface area contributed by atoms with Crippen molar-refractivity contribution in [1.29, 1.82) is 0 Å². The fourth-order valence-corrected chi connectivity index (χ4v) is 5.06. The van der Waals surface area contributed by atoms with Gasteiger partial charge in [-0.1, -0.05) is 19.9 Å². The van der Waals surface area contributed by atoms with Gasteiger partial charge in [0, 0.05) is 5.69 Å². The number of hydrogen-bond donors (Lipinski definition) is 0. The molecule has 2 heterocycles. The molecule has 1 amide bonds. The molecule has 7 nitrogen and oxygen atoms in total. The van der Waals surface area contributed by atoms with Crippen LogP contribution in [0.5, 0.6) is 17.2 Å². The summed E-state index contributed by atoms with van der Waals surface area (Å²) in [6.07, 6.45) is 0.911. The van der Waals surface area contributed by atoms with Gasteiger partial charge in [0.1, 0.15) is 11.3 Å². The van der Waals surface area contributed by atoms with E-state index in [4.69, 9.17) is 18.6 Å². The summed E-state index contributed by atoms with van der Waals surface area (Å²) in [5.74, 6) is 2.03. The van der Waals surface area contributed by atoms with Gasteiger partial charge in [-0.2, -0.15) is 0 Å². The summed E-state index contributed by atoms with van der Waals surface area (Å²) >= 11 is 0. The Kier molecular flexibility index (Phi) is 7.57. The lowest BCUT2D eigenvalue weighted by atomic mass is 9.97. The number of rotatable bonds is 9. The summed E-state index contributed by atoms with van der Waals surface area (Å²) in [5.41, 5.74) is 3.79. The fraction of sp³-hybridized carbons (Fsp3) is 0.333. The van der Waals surface area contributed by atoms with Crippen LogP contribution in [0.25, 0.3) is 11.0 Å². The molecule has 40 heavy (non-hydrogen) atoms. The summed E-state index contributed by atoms with van der Waals surface area (Å²) < 4.78 is 23.5. The molecular weight excluding hydrogens is 506 g/mol. The third-order valence-electron chi connectivity index (χ3n) is 7.37. The molecule has 0 saturated heterocycles. The summed E-state index contributed by atoms with van der Waals surface area (Å²) in [6, 6.07) is 15.8. The zero-order valence-corrected chi connectivity index (χ0v) is 23.9. The standard InChI is InChI=1S/C33H35NO6/c1-7-38-24-11-9-23(10-12-24)34-30(22-8-13-26(28(18-22)37-6)39-15-14-19(2)3)29-31(35)25-16-20(4)21(5)17-27(25)40-32(29)33(34)36/h8-13,16-19,30H,7,14-15H2,1-6H3. The van der Waals surface area contributed by atoms with Crippen molar-refractivity contribution in [2.75, 3.05) is 25.2 Å². The van der Waals surface area contributed by atoms with Crippen LogP contribution in [-0.2, 0) is 0 Å². The third kappa shape index (κ3) is 4.92. The van der Waals surface area contributed by atoms with E-state index in [0.717, 1.165) is 17.5 Å². The van der Waals surface area contributed by atoms with Crippen molar-refractivity contribution in [3.63, 3.8) is 0 Å². The first-order valence-corrected chi connectivity index (χ1v) is 13.7. The average Bonchev–Trinajstić information content (AvgIpc) is 3.22. The van der Waals surface area contributed by atoms with Crippen LogP contribution in [0.15, 0.2) is 63.8 Å². The minimum absolute atomic E-state index is 0.0517. The number of carbonyl (C=O) groups is 1. The average molecular weight is 542 g/mol. The second-order valence-corrected chi connectivity index (χ2v) is 10.6. The Labute approximate surface area is 234 Å². The van der Waals surface area contributed by atoms with Crippen LogP contribution in [0.3, 0.4) is 0 Å². The molecule has 0 spiro atoms. The molecular formula is C33H35NO6. The largest absolute Gasteiger partial charge is 0.494 e. The molecule has 0 fully saturated rings. The zero-order valence-electron chi connectivity index (χ0n) is 23.9. The predicted octanol–water partition coefficient (Wildman–Crippen LogP) is 6.99. The van der Waals surface area contributed by atoms with Crippen LogP contribution in [0.2, 0.25) is 0 Å². The van der Waals surface area contributed by atoms with Crippen molar-refractivity contribution in [3.8, 4) is 17.2 Å². The summed E-state index contributed by atoms with van der Waals surface area (Å²) in [4.78, 5) is 29.6. The molecule has 5 rings (SSSR count). The van der Waals surface area contributed by atoms with E-state index in [2.05, 4.69) is 13.8 Å². The van der Waals surface area contributed by atoms with Gasteiger partial charge in [0.05, 0.1) is 37.3 Å². The van der Waals surface area contributed by atoms with Crippen molar-refractivity contribution in [2.24, 2.45) is 5.92 Å². The lowest BCUT2D eigenvalue weighted by Gasteiger charge is -2.26. The normalized spacial score (nSPS) is 14.6. The van der Waals surface area contributed by atoms with Gasteiger partial charge in [0.2, 0.25) is 5.76 Å². The van der Waals surface area contributed by atoms with E-state index < -0.39 is 6.04 Å². The van der Waals surface area contributed by atoms with Gasteiger partial charge < -0.3 is 18.6 Å². The Morgan fingerprint density at radius 2 is 1.65 bits per heavy atom. The SMILES string of the molecule is CCOc1ccc(N2C(=O)c3oc4cc(C)c(C)cc4c(=O)c3C2c2ccc(OCCC(C)C)c(OC)c2)cc1. The second kappa shape index (κ2) is 11.1. The first-order chi connectivity index (χ1) is 19.2. The van der Waals surface area contributed by atoms with Gasteiger partial charge in [-0.3, -0.25) is 14.5 Å². The van der Waals surface area contributed by atoms with Gasteiger partial charge in [-0.05, 0) is 98.3 Å². The Morgan fingerprint density at radius 3 is 2.33 bits per heavy atom. The number of ether oxygens (including phenoxy) is 3. The molecule has 0 N–H and O–H groups in total. The molecule has 0 bridgehead atoms. The maximum Gasteiger partial charge on any atom is 0.295 e. The van der Waals surface area contributed by atoms with Crippen LogP contribution in [0, 0.1) is 19.8 Å². The third-order valence-corrected chi connectivity index (χ3v) is 7.37. The number of benzene rings is 3. The molecule has 1 aromatic heterocycles. The van der Waals surface area contributed by atoms with Crippen LogP contribution in [0.1, 0.15) is 66.0 Å². The van der Waals surface area contributed by atoms with E-state index in [-0.39, 0.29) is 17.1 Å². The number of carbonyl (C=O) groups excluding carboxylic acids is 1. The molecule has 7 heteroatoms. The Hall–Kier alpha value is -4.26. The number of aryl methyl sites for hydroxylation is 2. The number of methoxy groups -OCH3 is 1. The summed E-state index contributed by atoms with van der Waals surface area (Å²) in [6.45, 7) is 11.2. The maximum atomic E-state index is 14.0. The summed E-state index contributed by atoms with van der Waals surface area (Å²) in [7, 11) is 1.58. The van der Waals surface area contributed by atoms with Crippen molar-refractivity contribution < 1.29 is 23.4 Å². The summed E-state index contributed by atoms with van der Waals surface area (Å²) in [5, 5.41) is 0.453. The Balaban J connectivity index is 1.68. The smallest absolute Gasteiger partial charge is 0.295 e. The first-order valence-electron chi connectivity index (χ1n) is 13.7. The van der Waals surface area contributed by atoms with E-state index in [9.17, 15) is 9.59 Å². The monoisotopic (exact) mass is 541 g/mol. The quantitative estimate of drug-likeness (QED) is 0.227. The molecule has 0 saturated carbocycles. The van der Waals surface area contributed by atoms with Crippen LogP contribution >= 0.6 is 0 Å². The minimum atomic E-state index is -0.721. The van der Waals surface area contributed by atoms with Gasteiger partial charge in [-0.25, -0.2) is 0 Å². The van der Waals surface area contributed by atoms with Gasteiger partial charge in [-0.15, -0.1) is 0 Å². The molecule has 3 aromatic carbocycles. The lowest BCUT2D eigenvalue weighted by molar-refractivity contribution is 0.0971. The topological polar surface area (TPSA) is 78.2 Å². The number of nitrogens with zero attached hydrogens (tertiary/aromatic N) is 1. The van der Waals surface area contributed by atoms with Crippen molar-refractivity contribution in [2.45, 2.75) is 47.1 Å².